The van der Waals surface area contributed by atoms with Crippen molar-refractivity contribution in [3.8, 4) is 12.3 Å². The molecule has 0 aliphatic rings. The van der Waals surface area contributed by atoms with Crippen LogP contribution in [0, 0.1) is 18.2 Å². The minimum absolute atomic E-state index is 0.261. The van der Waals surface area contributed by atoms with Gasteiger partial charge in [-0.1, -0.05) is 12.0 Å². The van der Waals surface area contributed by atoms with Gasteiger partial charge in [-0.15, -0.1) is 17.8 Å². The number of halogens is 1. The third-order valence-corrected chi connectivity index (χ3v) is 2.85. The lowest BCUT2D eigenvalue weighted by Crippen LogP contribution is -1.96. The fourth-order valence-electron chi connectivity index (χ4n) is 1.28. The summed E-state index contributed by atoms with van der Waals surface area (Å²) in [5.41, 5.74) is 8.81. The Kier molecular flexibility index (Phi) is 3.55. The standard InChI is InChI=1S/C12H9FN4S/c1-2-8-4-3-5-10(13)9(8)6-15-17-12-16-11(14)7-18-12/h1,3-7H,14H2,(H,16,17). The Balaban J connectivity index is 2.17. The summed E-state index contributed by atoms with van der Waals surface area (Å²) in [4.78, 5) is 3.94. The van der Waals surface area contributed by atoms with E-state index < -0.39 is 5.82 Å². The lowest BCUT2D eigenvalue weighted by molar-refractivity contribution is 0.625. The number of benzene rings is 1. The number of nitrogens with two attached hydrogens (primary N) is 1. The van der Waals surface area contributed by atoms with Crippen LogP contribution >= 0.6 is 11.3 Å². The van der Waals surface area contributed by atoms with Gasteiger partial charge in [0, 0.05) is 16.5 Å². The molecule has 1 heterocycles. The summed E-state index contributed by atoms with van der Waals surface area (Å²) in [7, 11) is 0. The SMILES string of the molecule is C#Cc1cccc(F)c1C=NNc1nc(N)cs1. The van der Waals surface area contributed by atoms with Crippen LogP contribution in [0.5, 0.6) is 0 Å². The number of thiazole rings is 1. The summed E-state index contributed by atoms with van der Waals surface area (Å²) in [6.45, 7) is 0. The number of terminal acetylenes is 1. The molecule has 2 aromatic rings. The molecule has 0 aliphatic heterocycles. The number of hydrogen-bond donors (Lipinski definition) is 2. The zero-order valence-electron chi connectivity index (χ0n) is 9.22. The molecule has 6 heteroatoms. The van der Waals surface area contributed by atoms with Crippen LogP contribution in [0.4, 0.5) is 15.3 Å². The Morgan fingerprint density at radius 2 is 2.39 bits per heavy atom. The average molecular weight is 260 g/mol. The van der Waals surface area contributed by atoms with Gasteiger partial charge in [0.15, 0.2) is 0 Å². The lowest BCUT2D eigenvalue weighted by Gasteiger charge is -1.99. The van der Waals surface area contributed by atoms with Crippen LogP contribution in [0.15, 0.2) is 28.7 Å². The zero-order valence-corrected chi connectivity index (χ0v) is 10.0. The van der Waals surface area contributed by atoms with Gasteiger partial charge in [-0.25, -0.2) is 9.37 Å². The molecule has 0 bridgehead atoms. The predicted octanol–water partition coefficient (Wildman–Crippen LogP) is 2.29. The molecular formula is C12H9FN4S. The van der Waals surface area contributed by atoms with Gasteiger partial charge in [0.25, 0.3) is 0 Å². The number of rotatable bonds is 3. The van der Waals surface area contributed by atoms with Crippen LogP contribution in [0.1, 0.15) is 11.1 Å². The maximum Gasteiger partial charge on any atom is 0.205 e. The quantitative estimate of drug-likeness (QED) is 0.505. The number of hydrazone groups is 1. The second kappa shape index (κ2) is 5.29. The highest BCUT2D eigenvalue weighted by Crippen LogP contribution is 2.16. The van der Waals surface area contributed by atoms with Crippen LogP contribution in [0.25, 0.3) is 0 Å². The van der Waals surface area contributed by atoms with Crippen molar-refractivity contribution in [3.63, 3.8) is 0 Å². The smallest absolute Gasteiger partial charge is 0.205 e. The van der Waals surface area contributed by atoms with Crippen LogP contribution in [-0.2, 0) is 0 Å². The van der Waals surface area contributed by atoms with Crippen LogP contribution in [-0.4, -0.2) is 11.2 Å². The number of aromatic nitrogens is 1. The van der Waals surface area contributed by atoms with Crippen molar-refractivity contribution < 1.29 is 4.39 Å². The fourth-order valence-corrected chi connectivity index (χ4v) is 1.83. The summed E-state index contributed by atoms with van der Waals surface area (Å²) in [5, 5.41) is 6.08. The molecule has 0 amide bonds. The van der Waals surface area contributed by atoms with E-state index in [0.717, 1.165) is 0 Å². The molecule has 0 radical (unpaired) electrons. The molecule has 4 nitrogen and oxygen atoms in total. The van der Waals surface area contributed by atoms with Crippen molar-refractivity contribution in [1.82, 2.24) is 4.98 Å². The van der Waals surface area contributed by atoms with Gasteiger partial charge >= 0.3 is 0 Å². The number of nitrogens with zero attached hydrogens (tertiary/aromatic N) is 2. The summed E-state index contributed by atoms with van der Waals surface area (Å²) in [6, 6.07) is 4.52. The normalized spacial score (nSPS) is 10.4. The number of anilines is 2. The molecule has 0 saturated carbocycles. The average Bonchev–Trinajstić information content (AvgIpc) is 2.77. The first-order valence-corrected chi connectivity index (χ1v) is 5.84. The van der Waals surface area contributed by atoms with Gasteiger partial charge < -0.3 is 5.73 Å². The molecule has 18 heavy (non-hydrogen) atoms. The summed E-state index contributed by atoms with van der Waals surface area (Å²) >= 11 is 1.30. The van der Waals surface area contributed by atoms with Crippen LogP contribution in [0.3, 0.4) is 0 Å². The lowest BCUT2D eigenvalue weighted by atomic mass is 10.1. The van der Waals surface area contributed by atoms with E-state index in [-0.39, 0.29) is 5.56 Å². The Morgan fingerprint density at radius 1 is 1.56 bits per heavy atom. The molecule has 3 N–H and O–H groups in total. The van der Waals surface area contributed by atoms with Crippen LogP contribution in [0.2, 0.25) is 0 Å². The van der Waals surface area contributed by atoms with E-state index in [1.165, 1.54) is 23.6 Å². The van der Waals surface area contributed by atoms with Crippen molar-refractivity contribution in [1.29, 1.82) is 0 Å². The highest BCUT2D eigenvalue weighted by molar-refractivity contribution is 7.14. The topological polar surface area (TPSA) is 63.3 Å². The van der Waals surface area contributed by atoms with E-state index in [4.69, 9.17) is 12.2 Å². The first-order chi connectivity index (χ1) is 8.70. The molecule has 0 fully saturated rings. The van der Waals surface area contributed by atoms with Gasteiger partial charge in [-0.2, -0.15) is 5.10 Å². The Morgan fingerprint density at radius 3 is 3.06 bits per heavy atom. The maximum absolute atomic E-state index is 13.5. The molecule has 1 aromatic heterocycles. The van der Waals surface area contributed by atoms with Crippen molar-refractivity contribution in [2.75, 3.05) is 11.2 Å². The number of nitrogen functional groups attached to an aromatic ring is 1. The van der Waals surface area contributed by atoms with E-state index >= 15 is 0 Å². The van der Waals surface area contributed by atoms with Gasteiger partial charge in [0.05, 0.1) is 6.21 Å². The Bertz CT molecular complexity index is 627. The highest BCUT2D eigenvalue weighted by atomic mass is 32.1. The van der Waals surface area contributed by atoms with Gasteiger partial charge in [0.2, 0.25) is 5.13 Å². The van der Waals surface area contributed by atoms with Crippen molar-refractivity contribution >= 4 is 28.5 Å². The molecular weight excluding hydrogens is 251 g/mol. The molecule has 2 rings (SSSR count). The fraction of sp³-hybridized carbons (Fsp3) is 0. The number of hydrogen-bond acceptors (Lipinski definition) is 5. The Labute approximate surface area is 107 Å². The number of nitrogens with one attached hydrogen (secondary N) is 1. The summed E-state index contributed by atoms with van der Waals surface area (Å²) < 4.78 is 13.5. The highest BCUT2D eigenvalue weighted by Gasteiger charge is 2.03. The predicted molar refractivity (Wildman–Crippen MR) is 72.1 cm³/mol. The Hall–Kier alpha value is -2.39. The minimum Gasteiger partial charge on any atom is -0.383 e. The van der Waals surface area contributed by atoms with Gasteiger partial charge in [-0.3, -0.25) is 5.43 Å². The minimum atomic E-state index is -0.422. The van der Waals surface area contributed by atoms with Gasteiger partial charge in [-0.05, 0) is 12.1 Å². The summed E-state index contributed by atoms with van der Waals surface area (Å²) in [6.07, 6.45) is 6.60. The second-order valence-electron chi connectivity index (χ2n) is 3.29. The van der Waals surface area contributed by atoms with E-state index in [9.17, 15) is 4.39 Å². The third-order valence-electron chi connectivity index (χ3n) is 2.08. The third kappa shape index (κ3) is 2.64. The van der Waals surface area contributed by atoms with Gasteiger partial charge in [0.1, 0.15) is 11.6 Å². The second-order valence-corrected chi connectivity index (χ2v) is 4.15. The molecule has 0 unspecified atom stereocenters. The maximum atomic E-state index is 13.5. The molecule has 1 aromatic carbocycles. The van der Waals surface area contributed by atoms with E-state index in [1.54, 1.807) is 17.5 Å². The zero-order chi connectivity index (χ0) is 13.0. The van der Waals surface area contributed by atoms with E-state index in [1.807, 2.05) is 0 Å². The molecule has 0 saturated heterocycles. The van der Waals surface area contributed by atoms with E-state index in [0.29, 0.717) is 16.5 Å². The monoisotopic (exact) mass is 260 g/mol. The molecule has 0 aliphatic carbocycles. The van der Waals surface area contributed by atoms with Crippen molar-refractivity contribution in [3.05, 3.63) is 40.5 Å². The summed E-state index contributed by atoms with van der Waals surface area (Å²) in [5.74, 6) is 2.39. The molecule has 0 atom stereocenters. The van der Waals surface area contributed by atoms with Crippen molar-refractivity contribution in [2.45, 2.75) is 0 Å². The first kappa shape index (κ1) is 12.1. The largest absolute Gasteiger partial charge is 0.383 e. The van der Waals surface area contributed by atoms with Crippen molar-refractivity contribution in [2.24, 2.45) is 5.10 Å². The molecule has 0 spiro atoms. The molecule has 90 valence electrons. The van der Waals surface area contributed by atoms with E-state index in [2.05, 4.69) is 21.4 Å². The first-order valence-electron chi connectivity index (χ1n) is 4.96. The van der Waals surface area contributed by atoms with Crippen LogP contribution < -0.4 is 11.2 Å².